The summed E-state index contributed by atoms with van der Waals surface area (Å²) >= 11 is 0. The molecule has 0 radical (unpaired) electrons. The SMILES string of the molecule is Cc1ccc(C(N)c2ccc(C(F)(F)F)cc2C)o1. The van der Waals surface area contributed by atoms with Crippen molar-refractivity contribution in [1.82, 2.24) is 0 Å². The lowest BCUT2D eigenvalue weighted by Crippen LogP contribution is -2.14. The monoisotopic (exact) mass is 269 g/mol. The summed E-state index contributed by atoms with van der Waals surface area (Å²) in [5.74, 6) is 1.26. The Hall–Kier alpha value is -1.75. The van der Waals surface area contributed by atoms with Crippen LogP contribution in [0.5, 0.6) is 0 Å². The molecule has 0 saturated heterocycles. The van der Waals surface area contributed by atoms with Gasteiger partial charge >= 0.3 is 6.18 Å². The second-order valence-electron chi connectivity index (χ2n) is 4.50. The van der Waals surface area contributed by atoms with Gasteiger partial charge in [-0.05, 0) is 49.2 Å². The maximum atomic E-state index is 12.6. The van der Waals surface area contributed by atoms with Crippen LogP contribution in [0.3, 0.4) is 0 Å². The minimum Gasteiger partial charge on any atom is -0.464 e. The molecule has 2 nitrogen and oxygen atoms in total. The van der Waals surface area contributed by atoms with Gasteiger partial charge in [-0.3, -0.25) is 0 Å². The fourth-order valence-electron chi connectivity index (χ4n) is 1.97. The highest BCUT2D eigenvalue weighted by molar-refractivity contribution is 5.37. The molecule has 19 heavy (non-hydrogen) atoms. The van der Waals surface area contributed by atoms with Gasteiger partial charge in [-0.15, -0.1) is 0 Å². The van der Waals surface area contributed by atoms with Crippen LogP contribution in [-0.4, -0.2) is 0 Å². The molecule has 0 amide bonds. The Morgan fingerprint density at radius 1 is 1.11 bits per heavy atom. The maximum absolute atomic E-state index is 12.6. The Labute approximate surface area is 109 Å². The summed E-state index contributed by atoms with van der Waals surface area (Å²) in [4.78, 5) is 0. The summed E-state index contributed by atoms with van der Waals surface area (Å²) in [6, 6.07) is 6.49. The first kappa shape index (κ1) is 13.7. The molecule has 1 heterocycles. The van der Waals surface area contributed by atoms with Gasteiger partial charge in [0.1, 0.15) is 11.5 Å². The van der Waals surface area contributed by atoms with Crippen molar-refractivity contribution in [1.29, 1.82) is 0 Å². The van der Waals surface area contributed by atoms with E-state index in [9.17, 15) is 13.2 Å². The zero-order valence-corrected chi connectivity index (χ0v) is 10.6. The molecular formula is C14H14F3NO. The fourth-order valence-corrected chi connectivity index (χ4v) is 1.97. The second kappa shape index (κ2) is 4.74. The van der Waals surface area contributed by atoms with Crippen LogP contribution < -0.4 is 5.73 Å². The second-order valence-corrected chi connectivity index (χ2v) is 4.50. The highest BCUT2D eigenvalue weighted by Crippen LogP contribution is 2.32. The summed E-state index contributed by atoms with van der Waals surface area (Å²) < 4.78 is 43.1. The van der Waals surface area contributed by atoms with E-state index in [0.717, 1.165) is 17.9 Å². The fraction of sp³-hybridized carbons (Fsp3) is 0.286. The van der Waals surface area contributed by atoms with Crippen LogP contribution in [0.4, 0.5) is 13.2 Å². The predicted octanol–water partition coefficient (Wildman–Crippen LogP) is 3.96. The van der Waals surface area contributed by atoms with Gasteiger partial charge in [-0.1, -0.05) is 6.07 Å². The average molecular weight is 269 g/mol. The minimum absolute atomic E-state index is 0.497. The van der Waals surface area contributed by atoms with E-state index in [2.05, 4.69) is 0 Å². The van der Waals surface area contributed by atoms with Gasteiger partial charge in [0.25, 0.3) is 0 Å². The number of aryl methyl sites for hydroxylation is 2. The van der Waals surface area contributed by atoms with Crippen molar-refractivity contribution in [3.63, 3.8) is 0 Å². The van der Waals surface area contributed by atoms with E-state index in [1.165, 1.54) is 6.07 Å². The number of benzene rings is 1. The Morgan fingerprint density at radius 3 is 2.26 bits per heavy atom. The lowest BCUT2D eigenvalue weighted by atomic mass is 9.98. The van der Waals surface area contributed by atoms with Crippen molar-refractivity contribution < 1.29 is 17.6 Å². The molecule has 0 aliphatic rings. The molecule has 0 aliphatic carbocycles. The van der Waals surface area contributed by atoms with Crippen molar-refractivity contribution in [3.05, 3.63) is 58.5 Å². The summed E-state index contributed by atoms with van der Waals surface area (Å²) in [6.45, 7) is 3.40. The number of rotatable bonds is 2. The molecule has 2 aromatic rings. The Balaban J connectivity index is 2.36. The molecular weight excluding hydrogens is 255 g/mol. The first-order valence-corrected chi connectivity index (χ1v) is 5.78. The molecule has 1 unspecified atom stereocenters. The summed E-state index contributed by atoms with van der Waals surface area (Å²) in [5.41, 5.74) is 6.47. The molecule has 0 spiro atoms. The van der Waals surface area contributed by atoms with Gasteiger partial charge in [-0.25, -0.2) is 0 Å². The molecule has 2 rings (SSSR count). The average Bonchev–Trinajstić information content (AvgIpc) is 2.73. The first-order valence-electron chi connectivity index (χ1n) is 5.78. The van der Waals surface area contributed by atoms with Gasteiger partial charge < -0.3 is 10.2 Å². The third kappa shape index (κ3) is 2.81. The van der Waals surface area contributed by atoms with Gasteiger partial charge in [0.05, 0.1) is 11.6 Å². The standard InChI is InChI=1S/C14H14F3NO/c1-8-7-10(14(15,16)17)4-5-11(8)13(18)12-6-3-9(2)19-12/h3-7,13H,18H2,1-2H3. The number of furan rings is 1. The number of halogens is 3. The zero-order valence-electron chi connectivity index (χ0n) is 10.6. The number of alkyl halides is 3. The molecule has 102 valence electrons. The molecule has 0 fully saturated rings. The highest BCUT2D eigenvalue weighted by Gasteiger charge is 2.31. The molecule has 2 N–H and O–H groups in total. The van der Waals surface area contributed by atoms with Crippen LogP contribution in [0.15, 0.2) is 34.7 Å². The smallest absolute Gasteiger partial charge is 0.416 e. The van der Waals surface area contributed by atoms with Gasteiger partial charge in [0, 0.05) is 0 Å². The number of nitrogens with two attached hydrogens (primary N) is 1. The normalized spacial score (nSPS) is 13.6. The van der Waals surface area contributed by atoms with E-state index in [1.807, 2.05) is 0 Å². The van der Waals surface area contributed by atoms with Crippen LogP contribution in [-0.2, 0) is 6.18 Å². The molecule has 0 saturated carbocycles. The molecule has 1 aromatic heterocycles. The molecule has 1 aromatic carbocycles. The Kier molecular flexibility index (Phi) is 3.41. The largest absolute Gasteiger partial charge is 0.464 e. The lowest BCUT2D eigenvalue weighted by Gasteiger charge is -2.15. The first-order chi connectivity index (χ1) is 8.79. The zero-order chi connectivity index (χ0) is 14.2. The van der Waals surface area contributed by atoms with Gasteiger partial charge in [-0.2, -0.15) is 13.2 Å². The van der Waals surface area contributed by atoms with E-state index in [-0.39, 0.29) is 0 Å². The van der Waals surface area contributed by atoms with E-state index in [1.54, 1.807) is 26.0 Å². The highest BCUT2D eigenvalue weighted by atomic mass is 19.4. The van der Waals surface area contributed by atoms with E-state index >= 15 is 0 Å². The Morgan fingerprint density at radius 2 is 1.79 bits per heavy atom. The lowest BCUT2D eigenvalue weighted by molar-refractivity contribution is -0.137. The van der Waals surface area contributed by atoms with Crippen LogP contribution in [0.1, 0.15) is 34.3 Å². The van der Waals surface area contributed by atoms with Gasteiger partial charge in [0.2, 0.25) is 0 Å². The van der Waals surface area contributed by atoms with Gasteiger partial charge in [0.15, 0.2) is 0 Å². The number of hydrogen-bond acceptors (Lipinski definition) is 2. The topological polar surface area (TPSA) is 39.2 Å². The quantitative estimate of drug-likeness (QED) is 0.896. The van der Waals surface area contributed by atoms with Crippen LogP contribution in [0.2, 0.25) is 0 Å². The molecule has 0 bridgehead atoms. The molecule has 5 heteroatoms. The van der Waals surface area contributed by atoms with Crippen molar-refractivity contribution in [2.24, 2.45) is 5.73 Å². The maximum Gasteiger partial charge on any atom is 0.416 e. The minimum atomic E-state index is -4.34. The van der Waals surface area contributed by atoms with Crippen molar-refractivity contribution in [3.8, 4) is 0 Å². The summed E-state index contributed by atoms with van der Waals surface area (Å²) in [6.07, 6.45) is -4.34. The summed E-state index contributed by atoms with van der Waals surface area (Å²) in [7, 11) is 0. The Bertz CT molecular complexity index is 587. The van der Waals surface area contributed by atoms with E-state index in [0.29, 0.717) is 16.9 Å². The van der Waals surface area contributed by atoms with Crippen molar-refractivity contribution >= 4 is 0 Å². The van der Waals surface area contributed by atoms with E-state index in [4.69, 9.17) is 10.2 Å². The van der Waals surface area contributed by atoms with Crippen LogP contribution >= 0.6 is 0 Å². The predicted molar refractivity (Wildman–Crippen MR) is 65.7 cm³/mol. The van der Waals surface area contributed by atoms with E-state index < -0.39 is 17.8 Å². The summed E-state index contributed by atoms with van der Waals surface area (Å²) in [5, 5.41) is 0. The van der Waals surface area contributed by atoms with Crippen molar-refractivity contribution in [2.75, 3.05) is 0 Å². The third-order valence-corrected chi connectivity index (χ3v) is 3.00. The molecule has 0 aliphatic heterocycles. The van der Waals surface area contributed by atoms with Crippen LogP contribution in [0, 0.1) is 13.8 Å². The van der Waals surface area contributed by atoms with Crippen molar-refractivity contribution in [2.45, 2.75) is 26.1 Å². The van der Waals surface area contributed by atoms with Crippen LogP contribution in [0.25, 0.3) is 0 Å². The number of hydrogen-bond donors (Lipinski definition) is 1. The molecule has 1 atom stereocenters. The third-order valence-electron chi connectivity index (χ3n) is 3.00.